The minimum atomic E-state index is 0. The number of hydrogen-bond donors (Lipinski definition) is 2. The Morgan fingerprint density at radius 1 is 0.407 bits per heavy atom. The molecular weight excluding hydrogens is 336 g/mol. The van der Waals surface area contributed by atoms with Crippen LogP contribution in [0, 0.1) is 0 Å². The zero-order chi connectivity index (χ0) is 20.3. The molecule has 0 unspecified atom stereocenters. The van der Waals surface area contributed by atoms with Gasteiger partial charge in [-0.05, 0) is 45.9 Å². The van der Waals surface area contributed by atoms with E-state index in [1.54, 1.807) is 0 Å². The maximum absolute atomic E-state index is 6.00. The zero-order valence-corrected chi connectivity index (χ0v) is 18.3. The average Bonchev–Trinajstić information content (AvgIpc) is 2.64. The summed E-state index contributed by atoms with van der Waals surface area (Å²) in [6.45, 7) is 17.8. The molecule has 4 N–H and O–H groups in total. The van der Waals surface area contributed by atoms with E-state index in [-0.39, 0.29) is 5.48 Å². The topological polar surface area (TPSA) is 72.0 Å². The van der Waals surface area contributed by atoms with Gasteiger partial charge in [0.15, 0.2) is 0 Å². The summed E-state index contributed by atoms with van der Waals surface area (Å²) in [7, 11) is 0. The van der Waals surface area contributed by atoms with Crippen molar-refractivity contribution in [3.05, 3.63) is 70.8 Å². The van der Waals surface area contributed by atoms with E-state index >= 15 is 0 Å². The molecule has 0 atom stereocenters. The van der Waals surface area contributed by atoms with Gasteiger partial charge in [0.25, 0.3) is 0 Å². The van der Waals surface area contributed by atoms with Crippen LogP contribution in [-0.2, 0) is 0 Å². The van der Waals surface area contributed by atoms with Gasteiger partial charge < -0.3 is 5.48 Å². The summed E-state index contributed by atoms with van der Waals surface area (Å²) >= 11 is 0. The molecule has 0 aromatic heterocycles. The van der Waals surface area contributed by atoms with Gasteiger partial charge in [-0.2, -0.15) is 0 Å². The third-order valence-corrected chi connectivity index (χ3v) is 4.54. The molecule has 0 saturated heterocycles. The van der Waals surface area contributed by atoms with Gasteiger partial charge in [-0.25, -0.2) is 0 Å². The van der Waals surface area contributed by atoms with E-state index in [1.807, 2.05) is 0 Å². The average molecular weight is 377 g/mol. The fourth-order valence-corrected chi connectivity index (χ4v) is 2.53. The highest BCUT2D eigenvalue weighted by molar-refractivity contribution is 5.27. The monoisotopic (exact) mass is 376 g/mol. The molecule has 3 nitrogen and oxygen atoms in total. The molecule has 0 aliphatic heterocycles. The molecule has 0 spiro atoms. The van der Waals surface area contributed by atoms with E-state index in [9.17, 15) is 0 Å². The van der Waals surface area contributed by atoms with Crippen molar-refractivity contribution in [1.29, 1.82) is 0 Å². The van der Waals surface area contributed by atoms with Gasteiger partial charge in [0.05, 0.1) is 0 Å². The van der Waals surface area contributed by atoms with E-state index in [0.717, 1.165) is 0 Å². The molecule has 0 amide bonds. The molecule has 0 radical (unpaired) electrons. The Balaban J connectivity index is 0. The lowest BCUT2D eigenvalue weighted by Gasteiger charge is -2.08. The molecule has 0 saturated carbocycles. The molecule has 27 heavy (non-hydrogen) atoms. The molecule has 2 aromatic carbocycles. The highest BCUT2D eigenvalue weighted by Gasteiger charge is 2.01. The second kappa shape index (κ2) is 14.4. The highest BCUT2D eigenvalue weighted by atomic mass is 17.0. The van der Waals surface area contributed by atoms with Gasteiger partial charge in [0.1, 0.15) is 0 Å². The van der Waals surface area contributed by atoms with E-state index in [2.05, 4.69) is 104 Å². The van der Waals surface area contributed by atoms with E-state index in [4.69, 9.17) is 10.5 Å². The summed E-state index contributed by atoms with van der Waals surface area (Å²) in [5, 5.41) is 12.0. The molecule has 3 heteroatoms. The molecule has 154 valence electrons. The van der Waals surface area contributed by atoms with Crippen molar-refractivity contribution in [1.82, 2.24) is 0 Å². The van der Waals surface area contributed by atoms with Gasteiger partial charge in [-0.15, -0.1) is 0 Å². The van der Waals surface area contributed by atoms with Gasteiger partial charge >= 0.3 is 0 Å². The fourth-order valence-electron chi connectivity index (χ4n) is 2.53. The van der Waals surface area contributed by atoms with Crippen LogP contribution < -0.4 is 0 Å². The lowest BCUT2D eigenvalue weighted by atomic mass is 9.97. The lowest BCUT2D eigenvalue weighted by molar-refractivity contribution is -0.176. The van der Waals surface area contributed by atoms with Crippen LogP contribution in [0.1, 0.15) is 101 Å². The Hall–Kier alpha value is -1.68. The first-order valence-corrected chi connectivity index (χ1v) is 9.62. The molecule has 2 aromatic rings. The van der Waals surface area contributed by atoms with E-state index in [1.165, 1.54) is 22.3 Å². The summed E-state index contributed by atoms with van der Waals surface area (Å²) in [5.74, 6) is 2.58. The molecule has 2 rings (SSSR count). The molecule has 0 heterocycles. The van der Waals surface area contributed by atoms with Crippen LogP contribution in [0.15, 0.2) is 48.5 Å². The molecular formula is C24H40O3. The van der Waals surface area contributed by atoms with Crippen molar-refractivity contribution in [2.24, 2.45) is 0 Å². The van der Waals surface area contributed by atoms with Crippen molar-refractivity contribution in [2.75, 3.05) is 0 Å². The van der Waals surface area contributed by atoms with Crippen LogP contribution in [0.4, 0.5) is 0 Å². The number of benzene rings is 2. The Morgan fingerprint density at radius 3 is 0.593 bits per heavy atom. The first-order chi connectivity index (χ1) is 12.2. The zero-order valence-electron chi connectivity index (χ0n) is 18.3. The molecule has 0 fully saturated rings. The standard InChI is InChI=1S/2C12H18.H2O2.H2O/c2*1-9(2)11-5-7-12(8-6-11)10(3)4;1-2;/h2*5-10H,1-4H3;1-2H;1H2. The summed E-state index contributed by atoms with van der Waals surface area (Å²) in [6, 6.07) is 17.9. The predicted molar refractivity (Wildman–Crippen MR) is 118 cm³/mol. The Kier molecular flexibility index (Phi) is 14.7. The van der Waals surface area contributed by atoms with Crippen molar-refractivity contribution in [3.8, 4) is 0 Å². The maximum atomic E-state index is 6.00. The van der Waals surface area contributed by atoms with Crippen LogP contribution >= 0.6 is 0 Å². The van der Waals surface area contributed by atoms with Crippen LogP contribution in [0.3, 0.4) is 0 Å². The second-order valence-electron chi connectivity index (χ2n) is 7.95. The molecule has 0 aliphatic rings. The first kappa shape index (κ1) is 27.5. The smallest absolute Gasteiger partial charge is 0.0219 e. The minimum absolute atomic E-state index is 0. The normalized spacial score (nSPS) is 10.1. The highest BCUT2D eigenvalue weighted by Crippen LogP contribution is 2.20. The van der Waals surface area contributed by atoms with E-state index < -0.39 is 0 Å². The van der Waals surface area contributed by atoms with Crippen LogP contribution in [0.5, 0.6) is 0 Å². The quantitative estimate of drug-likeness (QED) is 0.443. The Bertz CT molecular complexity index is 473. The maximum Gasteiger partial charge on any atom is -0.0219 e. The predicted octanol–water partition coefficient (Wildman–Crippen LogP) is 7.06. The van der Waals surface area contributed by atoms with Gasteiger partial charge in [0, 0.05) is 0 Å². The first-order valence-electron chi connectivity index (χ1n) is 9.62. The third kappa shape index (κ3) is 10.3. The van der Waals surface area contributed by atoms with Crippen LogP contribution in [0.2, 0.25) is 0 Å². The number of rotatable bonds is 4. The Morgan fingerprint density at radius 2 is 0.519 bits per heavy atom. The number of hydrogen-bond acceptors (Lipinski definition) is 2. The molecule has 0 aliphatic carbocycles. The van der Waals surface area contributed by atoms with Crippen molar-refractivity contribution in [2.45, 2.75) is 79.1 Å². The van der Waals surface area contributed by atoms with Crippen molar-refractivity contribution < 1.29 is 16.0 Å². The summed E-state index contributed by atoms with van der Waals surface area (Å²) in [5.41, 5.74) is 5.72. The summed E-state index contributed by atoms with van der Waals surface area (Å²) < 4.78 is 0. The molecule has 0 bridgehead atoms. The van der Waals surface area contributed by atoms with Crippen molar-refractivity contribution >= 4 is 0 Å². The lowest BCUT2D eigenvalue weighted by Crippen LogP contribution is -1.90. The van der Waals surface area contributed by atoms with E-state index in [0.29, 0.717) is 23.7 Å². The van der Waals surface area contributed by atoms with Gasteiger partial charge in [-0.1, -0.05) is 104 Å². The SMILES string of the molecule is CC(C)c1ccc(C(C)C)cc1.CC(C)c1ccc(C(C)C)cc1.O.OO. The van der Waals surface area contributed by atoms with Gasteiger partial charge in [0.2, 0.25) is 0 Å². The summed E-state index contributed by atoms with van der Waals surface area (Å²) in [6.07, 6.45) is 0. The van der Waals surface area contributed by atoms with Crippen LogP contribution in [-0.4, -0.2) is 16.0 Å². The third-order valence-electron chi connectivity index (χ3n) is 4.54. The van der Waals surface area contributed by atoms with Crippen molar-refractivity contribution in [3.63, 3.8) is 0 Å². The van der Waals surface area contributed by atoms with Gasteiger partial charge in [-0.3, -0.25) is 10.5 Å². The summed E-state index contributed by atoms with van der Waals surface area (Å²) in [4.78, 5) is 0. The fraction of sp³-hybridized carbons (Fsp3) is 0.500. The van der Waals surface area contributed by atoms with Crippen LogP contribution in [0.25, 0.3) is 0 Å². The second-order valence-corrected chi connectivity index (χ2v) is 7.95. The minimum Gasteiger partial charge on any atom is -0.412 e. The largest absolute Gasteiger partial charge is 0.412 e. The Labute approximate surface area is 166 Å².